The quantitative estimate of drug-likeness (QED) is 0.746. The molecule has 0 spiro atoms. The number of carbonyl (C=O) groups is 1. The minimum Gasteiger partial charge on any atom is -0.370 e. The molecule has 0 unspecified atom stereocenters. The molecule has 7 heteroatoms. The van der Waals surface area contributed by atoms with Crippen molar-refractivity contribution >= 4 is 27.5 Å². The molecule has 1 aromatic carbocycles. The number of nitrogens with one attached hydrogen (secondary N) is 1. The molecule has 4 rings (SSSR count). The maximum atomic E-state index is 13.0. The van der Waals surface area contributed by atoms with E-state index in [2.05, 4.69) is 11.1 Å². The van der Waals surface area contributed by atoms with Gasteiger partial charge in [0.1, 0.15) is 4.83 Å². The molecule has 3 N–H and O–H groups in total. The van der Waals surface area contributed by atoms with Gasteiger partial charge in [-0.2, -0.15) is 0 Å². The Bertz CT molecular complexity index is 1110. The topological polar surface area (TPSA) is 97.9 Å². The minimum absolute atomic E-state index is 0.147. The maximum absolute atomic E-state index is 13.0. The van der Waals surface area contributed by atoms with Crippen LogP contribution in [0.25, 0.3) is 21.3 Å². The third-order valence-electron chi connectivity index (χ3n) is 4.62. The number of fused-ring (bicyclic) bond motifs is 5. The third-order valence-corrected chi connectivity index (χ3v) is 5.78. The van der Waals surface area contributed by atoms with Gasteiger partial charge in [0.15, 0.2) is 0 Å². The Balaban J connectivity index is 1.91. The van der Waals surface area contributed by atoms with Crippen molar-refractivity contribution in [1.82, 2.24) is 9.55 Å². The summed E-state index contributed by atoms with van der Waals surface area (Å²) in [4.78, 5) is 40.8. The molecule has 128 valence electrons. The number of thiophene rings is 1. The molecule has 1 amide bonds. The number of benzene rings is 1. The number of hydrogen-bond acceptors (Lipinski definition) is 4. The molecule has 0 atom stereocenters. The smallest absolute Gasteiger partial charge is 0.329 e. The van der Waals surface area contributed by atoms with Crippen LogP contribution in [0, 0.1) is 0 Å². The summed E-state index contributed by atoms with van der Waals surface area (Å²) in [6.07, 6.45) is 2.32. The van der Waals surface area contributed by atoms with E-state index in [0.29, 0.717) is 16.6 Å². The first-order valence-electron chi connectivity index (χ1n) is 8.21. The van der Waals surface area contributed by atoms with Gasteiger partial charge in [-0.3, -0.25) is 19.1 Å². The number of primary amides is 1. The van der Waals surface area contributed by atoms with Crippen LogP contribution in [0.4, 0.5) is 0 Å². The Kier molecular flexibility index (Phi) is 3.80. The Labute approximate surface area is 146 Å². The van der Waals surface area contributed by atoms with Crippen LogP contribution in [0.5, 0.6) is 0 Å². The van der Waals surface area contributed by atoms with E-state index in [4.69, 9.17) is 5.73 Å². The van der Waals surface area contributed by atoms with Gasteiger partial charge in [-0.15, -0.1) is 11.3 Å². The Morgan fingerprint density at radius 3 is 2.84 bits per heavy atom. The Morgan fingerprint density at radius 2 is 2.04 bits per heavy atom. The molecule has 0 bridgehead atoms. The first-order valence-corrected chi connectivity index (χ1v) is 9.03. The van der Waals surface area contributed by atoms with Gasteiger partial charge >= 0.3 is 5.69 Å². The van der Waals surface area contributed by atoms with E-state index in [0.717, 1.165) is 28.8 Å². The predicted molar refractivity (Wildman–Crippen MR) is 98.0 cm³/mol. The molecular weight excluding hydrogens is 338 g/mol. The summed E-state index contributed by atoms with van der Waals surface area (Å²) in [7, 11) is 0. The summed E-state index contributed by atoms with van der Waals surface area (Å²) in [5.41, 5.74) is 7.66. The van der Waals surface area contributed by atoms with Crippen molar-refractivity contribution in [2.24, 2.45) is 5.73 Å². The van der Waals surface area contributed by atoms with Gasteiger partial charge in [-0.1, -0.05) is 24.3 Å². The molecule has 2 aromatic heterocycles. The van der Waals surface area contributed by atoms with Crippen LogP contribution in [0.2, 0.25) is 0 Å². The second-order valence-corrected chi connectivity index (χ2v) is 7.32. The molecule has 2 heterocycles. The van der Waals surface area contributed by atoms with Crippen LogP contribution in [0.3, 0.4) is 0 Å². The van der Waals surface area contributed by atoms with E-state index < -0.39 is 11.6 Å². The average molecular weight is 355 g/mol. The fourth-order valence-corrected chi connectivity index (χ4v) is 4.66. The number of carbonyl (C=O) groups excluding carboxylic acids is 1. The van der Waals surface area contributed by atoms with Gasteiger partial charge in [0.05, 0.1) is 5.39 Å². The summed E-state index contributed by atoms with van der Waals surface area (Å²) in [6.45, 7) is 0.180. The monoisotopic (exact) mass is 355 g/mol. The van der Waals surface area contributed by atoms with E-state index in [1.165, 1.54) is 21.5 Å². The van der Waals surface area contributed by atoms with Crippen LogP contribution in [-0.2, 0) is 24.2 Å². The highest BCUT2D eigenvalue weighted by atomic mass is 32.1. The average Bonchev–Trinajstić information content (AvgIpc) is 2.96. The summed E-state index contributed by atoms with van der Waals surface area (Å²) >= 11 is 1.49. The number of nitrogens with two attached hydrogens (primary N) is 1. The van der Waals surface area contributed by atoms with E-state index in [-0.39, 0.29) is 18.5 Å². The molecule has 1 aliphatic carbocycles. The molecular formula is C18H17N3O3S. The number of amides is 1. The molecule has 1 aliphatic rings. The number of H-pyrrole nitrogens is 1. The first kappa shape index (κ1) is 15.8. The molecule has 0 aliphatic heterocycles. The largest absolute Gasteiger partial charge is 0.370 e. The highest BCUT2D eigenvalue weighted by molar-refractivity contribution is 7.19. The summed E-state index contributed by atoms with van der Waals surface area (Å²) < 4.78 is 1.18. The lowest BCUT2D eigenvalue weighted by atomic mass is 9.89. The molecule has 0 saturated carbocycles. The van der Waals surface area contributed by atoms with Crippen molar-refractivity contribution in [3.8, 4) is 11.1 Å². The maximum Gasteiger partial charge on any atom is 0.329 e. The Hall–Kier alpha value is -2.67. The van der Waals surface area contributed by atoms with Crippen LogP contribution in [0.15, 0.2) is 33.9 Å². The zero-order valence-corrected chi connectivity index (χ0v) is 14.3. The molecule has 6 nitrogen and oxygen atoms in total. The lowest BCUT2D eigenvalue weighted by Gasteiger charge is -2.16. The van der Waals surface area contributed by atoms with E-state index in [9.17, 15) is 14.4 Å². The van der Waals surface area contributed by atoms with Crippen molar-refractivity contribution in [3.05, 3.63) is 55.5 Å². The Morgan fingerprint density at radius 1 is 1.24 bits per heavy atom. The van der Waals surface area contributed by atoms with Crippen molar-refractivity contribution in [2.75, 3.05) is 0 Å². The molecule has 0 fully saturated rings. The second-order valence-electron chi connectivity index (χ2n) is 6.22. The predicted octanol–water partition coefficient (Wildman–Crippen LogP) is 1.78. The number of aromatic nitrogens is 2. The molecule has 0 saturated heterocycles. The van der Waals surface area contributed by atoms with Gasteiger partial charge in [0.2, 0.25) is 5.91 Å². The highest BCUT2D eigenvalue weighted by Crippen LogP contribution is 2.41. The number of nitrogens with zero attached hydrogens (tertiary/aromatic N) is 1. The fourth-order valence-electron chi connectivity index (χ4n) is 3.47. The highest BCUT2D eigenvalue weighted by Gasteiger charge is 2.24. The summed E-state index contributed by atoms with van der Waals surface area (Å²) in [5.74, 6) is -0.438. The molecule has 25 heavy (non-hydrogen) atoms. The van der Waals surface area contributed by atoms with Crippen molar-refractivity contribution in [1.29, 1.82) is 0 Å². The fraction of sp³-hybridized carbons (Fsp3) is 0.278. The number of aromatic amines is 1. The van der Waals surface area contributed by atoms with E-state index >= 15 is 0 Å². The van der Waals surface area contributed by atoms with Crippen molar-refractivity contribution < 1.29 is 4.79 Å². The summed E-state index contributed by atoms with van der Waals surface area (Å²) in [5, 5.41) is 0.575. The van der Waals surface area contributed by atoms with Crippen molar-refractivity contribution in [2.45, 2.75) is 32.2 Å². The van der Waals surface area contributed by atoms with Gasteiger partial charge in [-0.05, 0) is 30.4 Å². The second kappa shape index (κ2) is 6.00. The van der Waals surface area contributed by atoms with Crippen LogP contribution >= 0.6 is 11.3 Å². The van der Waals surface area contributed by atoms with Crippen molar-refractivity contribution in [3.63, 3.8) is 0 Å². The van der Waals surface area contributed by atoms with Gasteiger partial charge in [-0.25, -0.2) is 4.79 Å². The SMILES string of the molecule is NC(=O)CCCn1c(=O)[nH]c2sc3c(c2c1=O)-c1ccccc1CC3. The summed E-state index contributed by atoms with van der Waals surface area (Å²) in [6, 6.07) is 8.08. The van der Waals surface area contributed by atoms with Crippen LogP contribution in [-0.4, -0.2) is 15.5 Å². The number of rotatable bonds is 4. The van der Waals surface area contributed by atoms with E-state index in [1.807, 2.05) is 18.2 Å². The van der Waals surface area contributed by atoms with Gasteiger partial charge < -0.3 is 5.73 Å². The standard InChI is InChI=1S/C18H17N3O3S/c19-13(22)6-3-9-21-17(23)15-14-11-5-2-1-4-10(11)7-8-12(14)25-16(15)20-18(21)24/h1-2,4-5H,3,6-9H2,(H2,19,22)(H,20,24). The number of hydrogen-bond donors (Lipinski definition) is 2. The van der Waals surface area contributed by atoms with E-state index in [1.54, 1.807) is 0 Å². The molecule has 0 radical (unpaired) electrons. The lowest BCUT2D eigenvalue weighted by Crippen LogP contribution is -2.35. The zero-order valence-electron chi connectivity index (χ0n) is 13.5. The zero-order chi connectivity index (χ0) is 17.6. The molecule has 3 aromatic rings. The minimum atomic E-state index is -0.438. The van der Waals surface area contributed by atoms with Gasteiger partial charge in [0.25, 0.3) is 5.56 Å². The third kappa shape index (κ3) is 2.60. The van der Waals surface area contributed by atoms with Gasteiger partial charge in [0, 0.05) is 23.4 Å². The normalized spacial score (nSPS) is 12.8. The van der Waals surface area contributed by atoms with Crippen LogP contribution < -0.4 is 17.0 Å². The van der Waals surface area contributed by atoms with Crippen LogP contribution in [0.1, 0.15) is 23.3 Å². The first-order chi connectivity index (χ1) is 12.1. The lowest BCUT2D eigenvalue weighted by molar-refractivity contribution is -0.118. The number of aryl methyl sites for hydroxylation is 2.